The van der Waals surface area contributed by atoms with Crippen molar-refractivity contribution in [2.24, 2.45) is 4.36 Å². The topological polar surface area (TPSA) is 100 Å². The lowest BCUT2D eigenvalue weighted by molar-refractivity contribution is -0.137. The molecule has 0 aliphatic heterocycles. The van der Waals surface area contributed by atoms with Crippen LogP contribution in [0.25, 0.3) is 11.3 Å². The van der Waals surface area contributed by atoms with Crippen LogP contribution in [0.2, 0.25) is 0 Å². The fourth-order valence-electron chi connectivity index (χ4n) is 3.14. The van der Waals surface area contributed by atoms with Crippen molar-refractivity contribution in [2.45, 2.75) is 11.9 Å². The highest BCUT2D eigenvalue weighted by Crippen LogP contribution is 2.33. The van der Waals surface area contributed by atoms with E-state index in [0.29, 0.717) is 18.3 Å². The Bertz CT molecular complexity index is 1430. The number of nitriles is 1. The van der Waals surface area contributed by atoms with Gasteiger partial charge in [-0.15, -0.1) is 4.36 Å². The van der Waals surface area contributed by atoms with Crippen LogP contribution in [0, 0.1) is 28.9 Å². The molecule has 0 aliphatic rings. The van der Waals surface area contributed by atoms with Gasteiger partial charge in [0.1, 0.15) is 17.3 Å². The Kier molecular flexibility index (Phi) is 8.16. The summed E-state index contributed by atoms with van der Waals surface area (Å²) >= 11 is 0. The molecule has 1 heterocycles. The van der Waals surface area contributed by atoms with Crippen molar-refractivity contribution in [3.8, 4) is 17.5 Å². The molecule has 1 aromatic heterocycles. The highest BCUT2D eigenvalue weighted by atomic mass is 32.2. The third-order valence-electron chi connectivity index (χ3n) is 4.71. The molecule has 14 heteroatoms. The van der Waals surface area contributed by atoms with Crippen molar-refractivity contribution in [3.63, 3.8) is 0 Å². The molecule has 7 nitrogen and oxygen atoms in total. The number of hydrogen-bond donors (Lipinski definition) is 1. The summed E-state index contributed by atoms with van der Waals surface area (Å²) in [6, 6.07) is 5.05. The van der Waals surface area contributed by atoms with E-state index in [-0.39, 0.29) is 35.1 Å². The van der Waals surface area contributed by atoms with Crippen molar-refractivity contribution < 1.29 is 35.3 Å². The van der Waals surface area contributed by atoms with Gasteiger partial charge in [0.2, 0.25) is 12.1 Å². The molecule has 0 aliphatic carbocycles. The van der Waals surface area contributed by atoms with Gasteiger partial charge in [-0.3, -0.25) is 0 Å². The summed E-state index contributed by atoms with van der Waals surface area (Å²) in [6.45, 7) is -0.0414. The smallest absolute Gasteiger partial charge is 0.384 e. The minimum Gasteiger partial charge on any atom is -0.384 e. The van der Waals surface area contributed by atoms with E-state index in [4.69, 9.17) is 10.00 Å². The van der Waals surface area contributed by atoms with Crippen LogP contribution in [0.4, 0.5) is 38.0 Å². The quantitative estimate of drug-likeness (QED) is 0.309. The van der Waals surface area contributed by atoms with Gasteiger partial charge in [0.05, 0.1) is 39.6 Å². The zero-order valence-corrected chi connectivity index (χ0v) is 19.3. The van der Waals surface area contributed by atoms with E-state index in [0.717, 1.165) is 18.2 Å². The molecule has 2 aromatic carbocycles. The van der Waals surface area contributed by atoms with E-state index >= 15 is 0 Å². The summed E-state index contributed by atoms with van der Waals surface area (Å²) in [7, 11) is -1.95. The normalized spacial score (nSPS) is 13.1. The first-order chi connectivity index (χ1) is 16.9. The van der Waals surface area contributed by atoms with Crippen molar-refractivity contribution in [1.29, 1.82) is 5.26 Å². The van der Waals surface area contributed by atoms with Gasteiger partial charge in [-0.05, 0) is 35.9 Å². The lowest BCUT2D eigenvalue weighted by Crippen LogP contribution is -2.14. The predicted octanol–water partition coefficient (Wildman–Crippen LogP) is 5.42. The number of hydrogen-bond acceptors (Lipinski definition) is 7. The third-order valence-corrected chi connectivity index (χ3v) is 6.72. The first-order valence-corrected chi connectivity index (χ1v) is 11.8. The standard InChI is InChI=1S/C22H17F6N5O2S/c1-35-4-5-36(34,31-12-29)11-13-6-14(22(26,27)28)8-16(7-13)32-21-30-10-19(25)20(33-21)17-3-2-15(23)9-18(17)24/h2-3,6-10H,4-5,11H2,1H3,(H,30,32,33). The molecule has 0 fully saturated rings. The number of nitrogens with one attached hydrogen (secondary N) is 1. The monoisotopic (exact) mass is 529 g/mol. The summed E-state index contributed by atoms with van der Waals surface area (Å²) in [5.41, 5.74) is -2.32. The van der Waals surface area contributed by atoms with E-state index in [2.05, 4.69) is 19.6 Å². The Hall–Kier alpha value is -3.70. The maximum absolute atomic E-state index is 14.3. The number of aromatic nitrogens is 2. The minimum atomic E-state index is -4.79. The van der Waals surface area contributed by atoms with Crippen LogP contribution in [0.3, 0.4) is 0 Å². The van der Waals surface area contributed by atoms with Gasteiger partial charge >= 0.3 is 6.18 Å². The molecule has 0 amide bonds. The van der Waals surface area contributed by atoms with Crippen LogP contribution in [0.15, 0.2) is 47.0 Å². The second-order valence-electron chi connectivity index (χ2n) is 7.36. The molecule has 1 atom stereocenters. The van der Waals surface area contributed by atoms with Crippen LogP contribution in [-0.4, -0.2) is 33.6 Å². The largest absolute Gasteiger partial charge is 0.416 e. The molecule has 3 aromatic rings. The second-order valence-corrected chi connectivity index (χ2v) is 9.79. The summed E-state index contributed by atoms with van der Waals surface area (Å²) in [6.07, 6.45) is -2.70. The average molecular weight is 529 g/mol. The first kappa shape index (κ1) is 26.9. The van der Waals surface area contributed by atoms with E-state index in [1.54, 1.807) is 0 Å². The average Bonchev–Trinajstić information content (AvgIpc) is 2.79. The predicted molar refractivity (Wildman–Crippen MR) is 119 cm³/mol. The van der Waals surface area contributed by atoms with E-state index in [1.807, 2.05) is 0 Å². The van der Waals surface area contributed by atoms with Crippen LogP contribution >= 0.6 is 0 Å². The van der Waals surface area contributed by atoms with Crippen LogP contribution in [0.5, 0.6) is 0 Å². The van der Waals surface area contributed by atoms with E-state index in [9.17, 15) is 30.6 Å². The fourth-order valence-corrected chi connectivity index (χ4v) is 4.70. The first-order valence-electron chi connectivity index (χ1n) is 10.00. The molecule has 3 rings (SSSR count). The van der Waals surface area contributed by atoms with Crippen molar-refractivity contribution >= 4 is 21.4 Å². The number of anilines is 2. The molecule has 0 saturated carbocycles. The minimum absolute atomic E-state index is 0.0414. The van der Waals surface area contributed by atoms with Crippen LogP contribution < -0.4 is 5.32 Å². The van der Waals surface area contributed by atoms with Crippen molar-refractivity contribution in [2.75, 3.05) is 24.8 Å². The molecule has 1 N–H and O–H groups in total. The van der Waals surface area contributed by atoms with Gasteiger partial charge in [-0.2, -0.15) is 18.4 Å². The Morgan fingerprint density at radius 1 is 1.14 bits per heavy atom. The highest BCUT2D eigenvalue weighted by Gasteiger charge is 2.31. The number of nitrogens with zero attached hydrogens (tertiary/aromatic N) is 4. The molecular formula is C22H17F6N5O2S. The Morgan fingerprint density at radius 2 is 1.89 bits per heavy atom. The van der Waals surface area contributed by atoms with Gasteiger partial charge in [0.25, 0.3) is 0 Å². The third kappa shape index (κ3) is 6.70. The fraction of sp³-hybridized carbons (Fsp3) is 0.227. The molecular weight excluding hydrogens is 512 g/mol. The lowest BCUT2D eigenvalue weighted by atomic mass is 10.1. The SMILES string of the molecule is COCCS(=O)(Cc1cc(Nc2ncc(F)c(-c3ccc(F)cc3F)n2)cc(C(F)(F)F)c1)=NC#N. The van der Waals surface area contributed by atoms with Gasteiger partial charge in [0, 0.05) is 24.4 Å². The molecule has 36 heavy (non-hydrogen) atoms. The summed E-state index contributed by atoms with van der Waals surface area (Å²) in [4.78, 5) is 7.48. The highest BCUT2D eigenvalue weighted by molar-refractivity contribution is 7.92. The number of halogens is 6. The number of methoxy groups -OCH3 is 1. The number of alkyl halides is 3. The van der Waals surface area contributed by atoms with Crippen molar-refractivity contribution in [3.05, 3.63) is 71.2 Å². The summed E-state index contributed by atoms with van der Waals surface area (Å²) in [5, 5.41) is 11.4. The van der Waals surface area contributed by atoms with Crippen LogP contribution in [0.1, 0.15) is 11.1 Å². The number of ether oxygens (including phenoxy) is 1. The molecule has 0 bridgehead atoms. The second kappa shape index (κ2) is 10.9. The summed E-state index contributed by atoms with van der Waals surface area (Å²) < 4.78 is 103. The zero-order chi connectivity index (χ0) is 26.5. The Labute approximate surface area is 202 Å². The lowest BCUT2D eigenvalue weighted by Gasteiger charge is -2.15. The van der Waals surface area contributed by atoms with Gasteiger partial charge in [0.15, 0.2) is 5.82 Å². The Balaban J connectivity index is 2.03. The van der Waals surface area contributed by atoms with Gasteiger partial charge in [-0.1, -0.05) is 0 Å². The maximum atomic E-state index is 14.3. The molecule has 1 unspecified atom stereocenters. The Morgan fingerprint density at radius 3 is 2.53 bits per heavy atom. The van der Waals surface area contributed by atoms with Gasteiger partial charge < -0.3 is 10.1 Å². The molecule has 0 spiro atoms. The molecule has 0 radical (unpaired) electrons. The van der Waals surface area contributed by atoms with E-state index in [1.165, 1.54) is 19.4 Å². The maximum Gasteiger partial charge on any atom is 0.416 e. The number of benzene rings is 2. The zero-order valence-electron chi connectivity index (χ0n) is 18.4. The van der Waals surface area contributed by atoms with Gasteiger partial charge in [-0.25, -0.2) is 27.3 Å². The number of rotatable bonds is 8. The molecule has 190 valence electrons. The van der Waals surface area contributed by atoms with Crippen molar-refractivity contribution in [1.82, 2.24) is 9.97 Å². The van der Waals surface area contributed by atoms with E-state index < -0.39 is 50.4 Å². The molecule has 0 saturated heterocycles. The summed E-state index contributed by atoms with van der Waals surface area (Å²) in [5.74, 6) is -4.12. The van der Waals surface area contributed by atoms with Crippen LogP contribution in [-0.2, 0) is 26.4 Å².